The second-order valence-corrected chi connectivity index (χ2v) is 27.0. The van der Waals surface area contributed by atoms with Gasteiger partial charge in [0.2, 0.25) is 0 Å². The van der Waals surface area contributed by atoms with Crippen LogP contribution in [0.4, 0.5) is 22.7 Å². The van der Waals surface area contributed by atoms with Crippen molar-refractivity contribution in [1.29, 1.82) is 0 Å². The van der Waals surface area contributed by atoms with Crippen molar-refractivity contribution in [2.75, 3.05) is 43.8 Å². The molecule has 11 rings (SSSR count). The zero-order chi connectivity index (χ0) is 69.8. The number of aryl methyl sites for hydroxylation is 1. The molecule has 7 aromatic carbocycles. The first kappa shape index (κ1) is 70.0. The van der Waals surface area contributed by atoms with Crippen LogP contribution in [0.2, 0.25) is 0 Å². The number of aliphatic hydroxyl groups excluding tert-OH is 1. The molecule has 0 bridgehead atoms. The highest BCUT2D eigenvalue weighted by atomic mass is 16.6. The number of anilines is 2. The molecular weight excluding hydrogens is 1240 g/mol. The number of aliphatic hydroxyl groups is 1. The lowest BCUT2D eigenvalue weighted by Crippen LogP contribution is -2.61. The number of nitrogens with zero attached hydrogens (tertiary/aromatic N) is 4. The fourth-order valence-electron chi connectivity index (χ4n) is 13.7. The smallest absolute Gasteiger partial charge is 0.317 e. The molecule has 3 aliphatic heterocycles. The van der Waals surface area contributed by atoms with E-state index in [1.807, 2.05) is 67.6 Å². The summed E-state index contributed by atoms with van der Waals surface area (Å²) in [5, 5.41) is 34.7. The van der Waals surface area contributed by atoms with Crippen molar-refractivity contribution in [3.05, 3.63) is 221 Å². The number of carbonyl (C=O) groups is 4. The van der Waals surface area contributed by atoms with Crippen LogP contribution in [0.5, 0.6) is 23.0 Å². The van der Waals surface area contributed by atoms with Gasteiger partial charge in [-0.15, -0.1) is 0 Å². The number of benzene rings is 7. The topological polar surface area (TPSA) is 255 Å². The Balaban J connectivity index is 0.000000261. The van der Waals surface area contributed by atoms with Gasteiger partial charge in [0.1, 0.15) is 73.1 Å². The molecule has 3 heterocycles. The van der Waals surface area contributed by atoms with E-state index in [-0.39, 0.29) is 41.9 Å². The molecule has 21 nitrogen and oxygen atoms in total. The number of nitro groups is 2. The lowest BCUT2D eigenvalue weighted by atomic mass is 9.73. The van der Waals surface area contributed by atoms with Gasteiger partial charge in [0.25, 0.3) is 11.4 Å². The van der Waals surface area contributed by atoms with E-state index >= 15 is 0 Å². The number of ether oxygens (including phenoxy) is 8. The number of hydrogen-bond acceptors (Lipinski definition) is 19. The van der Waals surface area contributed by atoms with Crippen LogP contribution < -0.4 is 28.7 Å². The minimum absolute atomic E-state index is 0.0387. The molecule has 510 valence electrons. The summed E-state index contributed by atoms with van der Waals surface area (Å²) < 4.78 is 45.9. The second-order valence-electron chi connectivity index (χ2n) is 27.0. The molecule has 0 saturated carbocycles. The SMILES string of the molecule is CC(=O)CC(=O)OCc1cc([N+](=O)[O-])cc2c1OC1(CC2)N(Cc2ccc(CN3CC4(Cc5ccccc5C4(C)C)Oc4c(CO)cc([N+](=O)[O-])cc43)cc2)c2ccccc2C1(C)C.COC(=O)CC(=O)OC(C)COc1ccc(C(C)(C)c2ccc(OCC(C)OC)cc2)cc1. The summed E-state index contributed by atoms with van der Waals surface area (Å²) in [6.07, 6.45) is 0.325. The summed E-state index contributed by atoms with van der Waals surface area (Å²) in [6, 6.07) is 46.5. The number of methoxy groups -OCH3 is 2. The largest absolute Gasteiger partial charge is 0.491 e. The molecule has 97 heavy (non-hydrogen) atoms. The highest BCUT2D eigenvalue weighted by molar-refractivity contribution is 5.94. The summed E-state index contributed by atoms with van der Waals surface area (Å²) in [5.41, 5.74) is 7.50. The molecule has 0 amide bonds. The summed E-state index contributed by atoms with van der Waals surface area (Å²) in [7, 11) is 2.89. The maximum absolute atomic E-state index is 12.5. The lowest BCUT2D eigenvalue weighted by Gasteiger charge is -2.50. The molecule has 4 aliphatic rings. The third kappa shape index (κ3) is 14.5. The molecule has 21 heteroatoms. The molecular formula is C76H84N4O17. The van der Waals surface area contributed by atoms with Crippen LogP contribution in [-0.4, -0.2) is 96.2 Å². The number of nitro benzene ring substituents is 2. The average molecular weight is 1330 g/mol. The predicted molar refractivity (Wildman–Crippen MR) is 363 cm³/mol. The minimum Gasteiger partial charge on any atom is -0.491 e. The van der Waals surface area contributed by atoms with Crippen LogP contribution in [-0.2, 0) is 93.5 Å². The molecule has 2 spiro atoms. The van der Waals surface area contributed by atoms with Crippen molar-refractivity contribution in [3.8, 4) is 23.0 Å². The van der Waals surface area contributed by atoms with Crippen molar-refractivity contribution in [3.63, 3.8) is 0 Å². The summed E-state index contributed by atoms with van der Waals surface area (Å²) >= 11 is 0. The number of non-ortho nitro benzene ring substituents is 2. The summed E-state index contributed by atoms with van der Waals surface area (Å²) in [5.74, 6) is 0.0175. The van der Waals surface area contributed by atoms with Crippen LogP contribution in [0.1, 0.15) is 137 Å². The van der Waals surface area contributed by atoms with E-state index in [9.17, 15) is 44.5 Å². The van der Waals surface area contributed by atoms with Gasteiger partial charge in [0, 0.05) is 90.5 Å². The number of Topliss-reactive ketones (excluding diaryl/α,β-unsaturated/α-hetero) is 1. The van der Waals surface area contributed by atoms with Gasteiger partial charge in [-0.2, -0.15) is 0 Å². The highest BCUT2D eigenvalue weighted by Crippen LogP contribution is 2.58. The average Bonchev–Trinajstić information content (AvgIpc) is 1.57. The normalized spacial score (nSPS) is 18.1. The number of esters is 3. The number of para-hydroxylation sites is 1. The van der Waals surface area contributed by atoms with Crippen molar-refractivity contribution in [2.45, 2.75) is 160 Å². The Morgan fingerprint density at radius 1 is 0.639 bits per heavy atom. The summed E-state index contributed by atoms with van der Waals surface area (Å²) in [4.78, 5) is 74.5. The summed E-state index contributed by atoms with van der Waals surface area (Å²) in [6.45, 7) is 19.2. The second kappa shape index (κ2) is 28.5. The molecule has 7 aromatic rings. The van der Waals surface area contributed by atoms with E-state index < -0.39 is 75.5 Å². The highest BCUT2D eigenvalue weighted by Gasteiger charge is 2.61. The van der Waals surface area contributed by atoms with Gasteiger partial charge < -0.3 is 52.8 Å². The molecule has 0 aromatic heterocycles. The van der Waals surface area contributed by atoms with Gasteiger partial charge in [-0.1, -0.05) is 119 Å². The minimum atomic E-state index is -0.951. The third-order valence-corrected chi connectivity index (χ3v) is 19.5. The fourth-order valence-corrected chi connectivity index (χ4v) is 13.7. The molecule has 4 atom stereocenters. The van der Waals surface area contributed by atoms with Gasteiger partial charge in [-0.3, -0.25) is 39.4 Å². The molecule has 0 fully saturated rings. The van der Waals surface area contributed by atoms with E-state index in [1.54, 1.807) is 20.1 Å². The number of fused-ring (bicyclic) bond motifs is 4. The first-order valence-corrected chi connectivity index (χ1v) is 32.4. The number of hydrogen-bond donors (Lipinski definition) is 1. The van der Waals surface area contributed by atoms with Crippen molar-refractivity contribution in [1.82, 2.24) is 0 Å². The Kier molecular flexibility index (Phi) is 20.5. The van der Waals surface area contributed by atoms with Crippen LogP contribution in [0.3, 0.4) is 0 Å². The van der Waals surface area contributed by atoms with Gasteiger partial charge in [-0.25, -0.2) is 0 Å². The molecule has 1 aliphatic carbocycles. The standard InChI is InChI=1S/C50H50N4O10.C26H34O7/c1-31(56)20-44(57)62-29-37-23-38(53(58)59)21-34-18-19-50(64-45(34)37)48(4,5)41-12-8-9-13-42(41)52(50)27-33-16-14-32(15-17-33)26-51-30-49(25-35-10-6-7-11-40(35)47(49,2)3)63-46-36(28-55)22-39(54(60)61)24-43(46)51;1-18(29-5)16-31-22-11-7-20(8-12-22)26(3,4)21-9-13-23(14-10-21)32-17-19(2)33-25(28)15-24(27)30-6/h6-17,21-24,55H,18-20,25-30H2,1-5H3;7-14,18-19H,15-17H2,1-6H3. The van der Waals surface area contributed by atoms with Crippen LogP contribution in [0.25, 0.3) is 0 Å². The van der Waals surface area contributed by atoms with E-state index in [0.717, 1.165) is 39.3 Å². The fraction of sp³-hybridized carbons (Fsp3) is 0.395. The molecule has 0 radical (unpaired) electrons. The Morgan fingerprint density at radius 2 is 1.22 bits per heavy atom. The van der Waals surface area contributed by atoms with Crippen molar-refractivity contribution < 1.29 is 72.0 Å². The first-order chi connectivity index (χ1) is 46.1. The predicted octanol–water partition coefficient (Wildman–Crippen LogP) is 13.0. The first-order valence-electron chi connectivity index (χ1n) is 32.4. The van der Waals surface area contributed by atoms with E-state index in [4.69, 9.17) is 33.2 Å². The monoisotopic (exact) mass is 1320 g/mol. The number of carbonyl (C=O) groups excluding carboxylic acids is 4. The van der Waals surface area contributed by atoms with Gasteiger partial charge in [0.05, 0.1) is 47.3 Å². The van der Waals surface area contributed by atoms with Crippen LogP contribution in [0.15, 0.2) is 146 Å². The van der Waals surface area contributed by atoms with Crippen molar-refractivity contribution >= 4 is 46.4 Å². The van der Waals surface area contributed by atoms with Gasteiger partial charge in [0.15, 0.2) is 5.72 Å². The number of rotatable bonds is 23. The zero-order valence-electron chi connectivity index (χ0n) is 56.8. The van der Waals surface area contributed by atoms with E-state index in [1.165, 1.54) is 43.4 Å². The van der Waals surface area contributed by atoms with E-state index in [2.05, 4.69) is 117 Å². The quantitative estimate of drug-likeness (QED) is 0.0205. The van der Waals surface area contributed by atoms with E-state index in [0.29, 0.717) is 85.1 Å². The Labute approximate surface area is 564 Å². The maximum atomic E-state index is 12.5. The molecule has 1 N–H and O–H groups in total. The Bertz CT molecular complexity index is 4090. The third-order valence-electron chi connectivity index (χ3n) is 19.5. The van der Waals surface area contributed by atoms with Crippen LogP contribution >= 0.6 is 0 Å². The Hall–Kier alpha value is -9.86. The Morgan fingerprint density at radius 3 is 1.80 bits per heavy atom. The van der Waals surface area contributed by atoms with Gasteiger partial charge >= 0.3 is 17.9 Å². The van der Waals surface area contributed by atoms with Crippen molar-refractivity contribution in [2.24, 2.45) is 0 Å². The molecule has 4 unspecified atom stereocenters. The molecule has 0 saturated heterocycles. The van der Waals surface area contributed by atoms with Gasteiger partial charge in [-0.05, 0) is 110 Å². The van der Waals surface area contributed by atoms with Crippen LogP contribution in [0, 0.1) is 20.2 Å². The zero-order valence-corrected chi connectivity index (χ0v) is 56.8. The maximum Gasteiger partial charge on any atom is 0.317 e. The number of ketones is 1. The lowest BCUT2D eigenvalue weighted by molar-refractivity contribution is -0.385.